The van der Waals surface area contributed by atoms with Crippen molar-refractivity contribution in [1.82, 2.24) is 0 Å². The van der Waals surface area contributed by atoms with E-state index in [0.717, 1.165) is 11.9 Å². The Bertz CT molecular complexity index is 1220. The van der Waals surface area contributed by atoms with Crippen molar-refractivity contribution in [2.45, 2.75) is 6.16 Å². The van der Waals surface area contributed by atoms with Crippen LogP contribution in [0.3, 0.4) is 0 Å². The van der Waals surface area contributed by atoms with Crippen LogP contribution >= 0.6 is 7.26 Å². The van der Waals surface area contributed by atoms with Crippen molar-refractivity contribution >= 4 is 33.9 Å². The summed E-state index contributed by atoms with van der Waals surface area (Å²) in [5, 5.41) is 6.52. The molecule has 5 rings (SSSR count). The Morgan fingerprint density at radius 3 is 1.48 bits per heavy atom. The van der Waals surface area contributed by atoms with Gasteiger partial charge in [0.1, 0.15) is 35.1 Å². The van der Waals surface area contributed by atoms with Crippen molar-refractivity contribution in [3.8, 4) is 5.75 Å². The number of benzene rings is 5. The highest BCUT2D eigenvalue weighted by atomic mass is 79.9. The molecule has 3 heteroatoms. The molecule has 0 aliphatic heterocycles. The highest BCUT2D eigenvalue weighted by Crippen LogP contribution is 2.59. The van der Waals surface area contributed by atoms with Gasteiger partial charge in [0.25, 0.3) is 0 Å². The first-order valence-corrected chi connectivity index (χ1v) is 12.9. The molecule has 5 aromatic rings. The van der Waals surface area contributed by atoms with Gasteiger partial charge in [-0.2, -0.15) is 0 Å². The zero-order chi connectivity index (χ0) is 21.8. The Balaban J connectivity index is 0.00000259. The molecule has 0 aromatic heterocycles. The van der Waals surface area contributed by atoms with E-state index in [1.165, 1.54) is 32.2 Å². The SMILES string of the molecule is COc1c(C[P+](c2ccccc2)(c2ccccc2)c2ccccc2)ccc2ccccc12.[Br-]. The molecule has 0 radical (unpaired) electrons. The number of hydrogen-bond donors (Lipinski definition) is 0. The Morgan fingerprint density at radius 2 is 1.00 bits per heavy atom. The molecular weight excluding hydrogens is 487 g/mol. The first-order chi connectivity index (χ1) is 15.8. The Kier molecular flexibility index (Phi) is 7.28. The molecule has 0 bridgehead atoms. The Morgan fingerprint density at radius 1 is 0.545 bits per heavy atom. The number of fused-ring (bicyclic) bond motifs is 1. The lowest BCUT2D eigenvalue weighted by Gasteiger charge is -2.28. The molecule has 0 fully saturated rings. The third-order valence-electron chi connectivity index (χ3n) is 6.16. The monoisotopic (exact) mass is 512 g/mol. The molecule has 1 nitrogen and oxygen atoms in total. The molecule has 0 saturated carbocycles. The zero-order valence-corrected chi connectivity index (χ0v) is 21.0. The van der Waals surface area contributed by atoms with Crippen LogP contribution in [0.25, 0.3) is 10.8 Å². The maximum Gasteiger partial charge on any atom is 0.133 e. The van der Waals surface area contributed by atoms with Gasteiger partial charge in [-0.25, -0.2) is 0 Å². The fraction of sp³-hybridized carbons (Fsp3) is 0.0667. The van der Waals surface area contributed by atoms with E-state index in [2.05, 4.69) is 127 Å². The first kappa shape index (κ1) is 23.2. The molecule has 0 aliphatic rings. The molecule has 0 atom stereocenters. The second-order valence-electron chi connectivity index (χ2n) is 7.95. The van der Waals surface area contributed by atoms with Crippen molar-refractivity contribution in [1.29, 1.82) is 0 Å². The molecule has 0 spiro atoms. The van der Waals surface area contributed by atoms with E-state index in [4.69, 9.17) is 4.74 Å². The molecule has 0 N–H and O–H groups in total. The van der Waals surface area contributed by atoms with Crippen molar-refractivity contribution in [3.05, 3.63) is 133 Å². The minimum atomic E-state index is -1.97. The van der Waals surface area contributed by atoms with E-state index in [9.17, 15) is 0 Å². The third-order valence-corrected chi connectivity index (χ3v) is 10.5. The van der Waals surface area contributed by atoms with Gasteiger partial charge in [0, 0.05) is 10.9 Å². The summed E-state index contributed by atoms with van der Waals surface area (Å²) in [6.07, 6.45) is 0.902. The fourth-order valence-corrected chi connectivity index (χ4v) is 8.92. The van der Waals surface area contributed by atoms with Crippen LogP contribution in [0.15, 0.2) is 127 Å². The van der Waals surface area contributed by atoms with Gasteiger partial charge in [-0.3, -0.25) is 0 Å². The van der Waals surface area contributed by atoms with Crippen LogP contribution in [-0.2, 0) is 6.16 Å². The second kappa shape index (κ2) is 10.3. The summed E-state index contributed by atoms with van der Waals surface area (Å²) in [5.74, 6) is 0.982. The summed E-state index contributed by atoms with van der Waals surface area (Å²) in [4.78, 5) is 0. The van der Waals surface area contributed by atoms with Gasteiger partial charge in [0.05, 0.1) is 7.11 Å². The van der Waals surface area contributed by atoms with Crippen molar-refractivity contribution < 1.29 is 21.7 Å². The van der Waals surface area contributed by atoms with E-state index in [1.54, 1.807) is 7.11 Å². The topological polar surface area (TPSA) is 9.23 Å². The van der Waals surface area contributed by atoms with Crippen molar-refractivity contribution in [2.75, 3.05) is 7.11 Å². The molecule has 164 valence electrons. The van der Waals surface area contributed by atoms with Gasteiger partial charge in [-0.1, -0.05) is 91.0 Å². The first-order valence-electron chi connectivity index (χ1n) is 10.9. The van der Waals surface area contributed by atoms with Crippen LogP contribution in [0.4, 0.5) is 0 Å². The maximum absolute atomic E-state index is 6.03. The third kappa shape index (κ3) is 4.34. The minimum Gasteiger partial charge on any atom is -1.00 e. The number of hydrogen-bond acceptors (Lipinski definition) is 1. The number of rotatable bonds is 6. The molecule has 33 heavy (non-hydrogen) atoms. The largest absolute Gasteiger partial charge is 1.00 e. The second-order valence-corrected chi connectivity index (χ2v) is 11.4. The molecule has 0 saturated heterocycles. The molecule has 0 amide bonds. The van der Waals surface area contributed by atoms with Gasteiger partial charge < -0.3 is 21.7 Å². The molecular formula is C30H26BrOP. The van der Waals surface area contributed by atoms with E-state index < -0.39 is 7.26 Å². The average Bonchev–Trinajstić information content (AvgIpc) is 2.88. The van der Waals surface area contributed by atoms with Crippen LogP contribution in [0.5, 0.6) is 5.75 Å². The van der Waals surface area contributed by atoms with Gasteiger partial charge >= 0.3 is 0 Å². The molecule has 0 unspecified atom stereocenters. The highest BCUT2D eigenvalue weighted by molar-refractivity contribution is 7.95. The predicted molar refractivity (Wildman–Crippen MR) is 139 cm³/mol. The van der Waals surface area contributed by atoms with E-state index in [0.29, 0.717) is 0 Å². The number of methoxy groups -OCH3 is 1. The predicted octanol–water partition coefficient (Wildman–Crippen LogP) is 3.35. The lowest BCUT2D eigenvalue weighted by Crippen LogP contribution is -3.00. The summed E-state index contributed by atoms with van der Waals surface area (Å²) < 4.78 is 6.03. The Labute approximate surface area is 207 Å². The summed E-state index contributed by atoms with van der Waals surface area (Å²) in [6.45, 7) is 0. The lowest BCUT2D eigenvalue weighted by atomic mass is 10.1. The van der Waals surface area contributed by atoms with Gasteiger partial charge in [0.2, 0.25) is 0 Å². The highest BCUT2D eigenvalue weighted by Gasteiger charge is 2.46. The number of halogens is 1. The lowest BCUT2D eigenvalue weighted by molar-refractivity contribution is -0.00000640. The standard InChI is InChI=1S/C30H26OP.BrH/c1-31-30-25(22-21-24-13-11-12-20-29(24)30)23-32(26-14-5-2-6-15-26,27-16-7-3-8-17-27)28-18-9-4-10-19-28;/h2-22H,23H2,1H3;1H/q+1;/p-1. The summed E-state index contributed by atoms with van der Waals surface area (Å²) >= 11 is 0. The van der Waals surface area contributed by atoms with Gasteiger partial charge in [0.15, 0.2) is 0 Å². The van der Waals surface area contributed by atoms with Crippen LogP contribution in [0.1, 0.15) is 5.56 Å². The Hall–Kier alpha value is -2.93. The smallest absolute Gasteiger partial charge is 0.133 e. The fourth-order valence-electron chi connectivity index (χ4n) is 4.68. The maximum atomic E-state index is 6.03. The van der Waals surface area contributed by atoms with Crippen LogP contribution < -0.4 is 37.6 Å². The van der Waals surface area contributed by atoms with E-state index >= 15 is 0 Å². The summed E-state index contributed by atoms with van der Waals surface area (Å²) in [6, 6.07) is 46.0. The normalized spacial score (nSPS) is 11.1. The minimum absolute atomic E-state index is 0. The quantitative estimate of drug-likeness (QED) is 0.317. The molecule has 0 heterocycles. The summed E-state index contributed by atoms with van der Waals surface area (Å²) in [7, 11) is -0.183. The zero-order valence-electron chi connectivity index (χ0n) is 18.6. The average molecular weight is 513 g/mol. The van der Waals surface area contributed by atoms with E-state index in [1.807, 2.05) is 0 Å². The van der Waals surface area contributed by atoms with Crippen molar-refractivity contribution in [3.63, 3.8) is 0 Å². The van der Waals surface area contributed by atoms with Crippen molar-refractivity contribution in [2.24, 2.45) is 0 Å². The molecule has 5 aromatic carbocycles. The van der Waals surface area contributed by atoms with Gasteiger partial charge in [-0.05, 0) is 41.8 Å². The van der Waals surface area contributed by atoms with E-state index in [-0.39, 0.29) is 17.0 Å². The van der Waals surface area contributed by atoms with Gasteiger partial charge in [-0.15, -0.1) is 0 Å². The van der Waals surface area contributed by atoms with Crippen LogP contribution in [0, 0.1) is 0 Å². The molecule has 0 aliphatic carbocycles. The number of ether oxygens (including phenoxy) is 1. The van der Waals surface area contributed by atoms with Crippen LogP contribution in [0.2, 0.25) is 0 Å². The summed E-state index contributed by atoms with van der Waals surface area (Å²) in [5.41, 5.74) is 1.25. The van der Waals surface area contributed by atoms with Crippen LogP contribution in [-0.4, -0.2) is 7.11 Å².